The van der Waals surface area contributed by atoms with Crippen molar-refractivity contribution in [1.29, 1.82) is 0 Å². The van der Waals surface area contributed by atoms with E-state index >= 15 is 0 Å². The number of nitrogens with zero attached hydrogens (tertiary/aromatic N) is 3. The first-order valence-corrected chi connectivity index (χ1v) is 10.8. The normalized spacial score (nSPS) is 15.9. The maximum Gasteiger partial charge on any atom is 0.267 e. The SMILES string of the molecule is Cc1oc2ncnc(NC3(C)CC3)c2c1C(=O)N(I)C(CO)c1ccc(P)cc1. The van der Waals surface area contributed by atoms with E-state index in [1.54, 1.807) is 6.92 Å². The van der Waals surface area contributed by atoms with E-state index < -0.39 is 6.04 Å². The van der Waals surface area contributed by atoms with Crippen LogP contribution in [0.2, 0.25) is 0 Å². The smallest absolute Gasteiger partial charge is 0.267 e. The summed E-state index contributed by atoms with van der Waals surface area (Å²) in [6.07, 6.45) is 3.54. The van der Waals surface area contributed by atoms with E-state index in [1.165, 1.54) is 9.44 Å². The Balaban J connectivity index is 1.73. The lowest BCUT2D eigenvalue weighted by molar-refractivity contribution is 0.0816. The molecule has 1 amide bonds. The van der Waals surface area contributed by atoms with Crippen LogP contribution in [0.4, 0.5) is 5.82 Å². The topological polar surface area (TPSA) is 91.5 Å². The van der Waals surface area contributed by atoms with Crippen molar-refractivity contribution in [1.82, 2.24) is 13.1 Å². The molecule has 1 aromatic carbocycles. The molecule has 0 radical (unpaired) electrons. The monoisotopic (exact) mass is 524 g/mol. The second kappa shape index (κ2) is 7.81. The minimum absolute atomic E-state index is 0.00959. The predicted octanol–water partition coefficient (Wildman–Crippen LogP) is 3.52. The Bertz CT molecular complexity index is 1070. The number of fused-ring (bicyclic) bond motifs is 1. The van der Waals surface area contributed by atoms with Crippen molar-refractivity contribution in [3.05, 3.63) is 47.5 Å². The van der Waals surface area contributed by atoms with Crippen molar-refractivity contribution in [3.63, 3.8) is 0 Å². The zero-order valence-corrected chi connectivity index (χ0v) is 19.5. The van der Waals surface area contributed by atoms with Gasteiger partial charge in [0.25, 0.3) is 5.91 Å². The number of carbonyl (C=O) groups is 1. The fraction of sp³-hybridized carbons (Fsp3) is 0.350. The third kappa shape index (κ3) is 3.98. The Morgan fingerprint density at radius 3 is 2.69 bits per heavy atom. The fourth-order valence-corrected chi connectivity index (χ4v) is 4.20. The minimum Gasteiger partial charge on any atom is -0.442 e. The molecule has 7 nitrogen and oxygen atoms in total. The molecule has 152 valence electrons. The van der Waals surface area contributed by atoms with E-state index in [-0.39, 0.29) is 18.1 Å². The molecule has 4 rings (SSSR count). The molecule has 2 heterocycles. The largest absolute Gasteiger partial charge is 0.442 e. The maximum atomic E-state index is 13.5. The molecular weight excluding hydrogens is 502 g/mol. The van der Waals surface area contributed by atoms with Crippen molar-refractivity contribution < 1.29 is 14.3 Å². The number of amides is 1. The molecule has 0 aliphatic heterocycles. The fourth-order valence-electron chi connectivity index (χ4n) is 3.27. The highest BCUT2D eigenvalue weighted by Crippen LogP contribution is 2.41. The number of anilines is 1. The lowest BCUT2D eigenvalue weighted by Gasteiger charge is -2.25. The van der Waals surface area contributed by atoms with Gasteiger partial charge in [-0.3, -0.25) is 7.91 Å². The number of aliphatic hydroxyl groups is 1. The Morgan fingerprint density at radius 1 is 1.38 bits per heavy atom. The van der Waals surface area contributed by atoms with E-state index in [4.69, 9.17) is 4.42 Å². The first-order valence-electron chi connectivity index (χ1n) is 9.31. The first-order chi connectivity index (χ1) is 13.8. The lowest BCUT2D eigenvalue weighted by Crippen LogP contribution is -2.29. The van der Waals surface area contributed by atoms with Gasteiger partial charge in [-0.05, 0) is 37.6 Å². The van der Waals surface area contributed by atoms with Crippen LogP contribution in [0.25, 0.3) is 11.1 Å². The molecule has 2 unspecified atom stereocenters. The number of nitrogens with one attached hydrogen (secondary N) is 1. The molecule has 1 aliphatic carbocycles. The van der Waals surface area contributed by atoms with E-state index in [2.05, 4.69) is 31.4 Å². The molecule has 1 aliphatic rings. The van der Waals surface area contributed by atoms with E-state index in [0.717, 1.165) is 23.7 Å². The van der Waals surface area contributed by atoms with Crippen LogP contribution in [0.5, 0.6) is 0 Å². The Hall–Kier alpha value is -1.77. The van der Waals surface area contributed by atoms with Gasteiger partial charge >= 0.3 is 0 Å². The predicted molar refractivity (Wildman–Crippen MR) is 124 cm³/mol. The zero-order chi connectivity index (χ0) is 20.8. The highest BCUT2D eigenvalue weighted by atomic mass is 127. The summed E-state index contributed by atoms with van der Waals surface area (Å²) in [6, 6.07) is 7.20. The maximum absolute atomic E-state index is 13.5. The summed E-state index contributed by atoms with van der Waals surface area (Å²) in [5.74, 6) is 0.829. The van der Waals surface area contributed by atoms with Crippen molar-refractivity contribution in [3.8, 4) is 0 Å². The van der Waals surface area contributed by atoms with Crippen LogP contribution < -0.4 is 10.6 Å². The summed E-state index contributed by atoms with van der Waals surface area (Å²) in [6.45, 7) is 3.68. The summed E-state index contributed by atoms with van der Waals surface area (Å²) in [4.78, 5) is 22.1. The van der Waals surface area contributed by atoms with Gasteiger partial charge in [0.15, 0.2) is 0 Å². The second-order valence-electron chi connectivity index (χ2n) is 7.60. The Labute approximate surface area is 185 Å². The molecule has 1 saturated carbocycles. The molecular formula is C20H22IN4O3P. The number of aryl methyl sites for hydroxylation is 1. The molecule has 0 saturated heterocycles. The molecule has 9 heteroatoms. The lowest BCUT2D eigenvalue weighted by atomic mass is 10.1. The van der Waals surface area contributed by atoms with E-state index in [1.807, 2.05) is 47.1 Å². The molecule has 2 N–H and O–H groups in total. The molecule has 1 fully saturated rings. The van der Waals surface area contributed by atoms with Crippen LogP contribution in [0.1, 0.15) is 47.5 Å². The third-order valence-electron chi connectivity index (χ3n) is 5.26. The van der Waals surface area contributed by atoms with Crippen molar-refractivity contribution in [2.45, 2.75) is 38.3 Å². The van der Waals surface area contributed by atoms with Crippen LogP contribution in [0.15, 0.2) is 35.0 Å². The molecule has 29 heavy (non-hydrogen) atoms. The van der Waals surface area contributed by atoms with Crippen LogP contribution in [0, 0.1) is 6.92 Å². The van der Waals surface area contributed by atoms with Gasteiger partial charge in [-0.2, -0.15) is 0 Å². The zero-order valence-electron chi connectivity index (χ0n) is 16.1. The highest BCUT2D eigenvalue weighted by Gasteiger charge is 2.39. The summed E-state index contributed by atoms with van der Waals surface area (Å²) in [7, 11) is 2.63. The number of rotatable bonds is 6. The highest BCUT2D eigenvalue weighted by molar-refractivity contribution is 14.1. The number of benzene rings is 1. The number of hydrogen-bond donors (Lipinski definition) is 2. The van der Waals surface area contributed by atoms with Gasteiger partial charge in [0, 0.05) is 5.54 Å². The number of hydrogen-bond acceptors (Lipinski definition) is 6. The number of carbonyl (C=O) groups excluding carboxylic acids is 1. The second-order valence-corrected chi connectivity index (χ2v) is 9.31. The quantitative estimate of drug-likeness (QED) is 0.292. The van der Waals surface area contributed by atoms with Gasteiger partial charge in [0.05, 0.1) is 46.5 Å². The van der Waals surface area contributed by atoms with Crippen molar-refractivity contribution >= 4 is 60.2 Å². The Kier molecular flexibility index (Phi) is 5.52. The van der Waals surface area contributed by atoms with Crippen LogP contribution in [0.3, 0.4) is 0 Å². The number of aliphatic hydroxyl groups excluding tert-OH is 1. The molecule has 0 spiro atoms. The van der Waals surface area contributed by atoms with E-state index in [0.29, 0.717) is 28.2 Å². The summed E-state index contributed by atoms with van der Waals surface area (Å²) in [5.41, 5.74) is 1.64. The number of furan rings is 1. The molecule has 0 bridgehead atoms. The molecule has 2 aromatic heterocycles. The summed E-state index contributed by atoms with van der Waals surface area (Å²) >= 11 is 1.96. The third-order valence-corrected chi connectivity index (χ3v) is 6.76. The molecule has 3 aromatic rings. The van der Waals surface area contributed by atoms with Crippen molar-refractivity contribution in [2.75, 3.05) is 11.9 Å². The van der Waals surface area contributed by atoms with Gasteiger partial charge < -0.3 is 14.8 Å². The van der Waals surface area contributed by atoms with E-state index in [9.17, 15) is 9.90 Å². The van der Waals surface area contributed by atoms with Gasteiger partial charge in [0.2, 0.25) is 5.71 Å². The van der Waals surface area contributed by atoms with Crippen LogP contribution >= 0.6 is 32.1 Å². The van der Waals surface area contributed by atoms with Crippen molar-refractivity contribution in [2.24, 2.45) is 0 Å². The van der Waals surface area contributed by atoms with Crippen LogP contribution in [-0.4, -0.2) is 36.2 Å². The first kappa shape index (κ1) is 20.5. The van der Waals surface area contributed by atoms with Gasteiger partial charge in [-0.25, -0.2) is 9.97 Å². The number of halogens is 1. The van der Waals surface area contributed by atoms with Crippen LogP contribution in [-0.2, 0) is 0 Å². The van der Waals surface area contributed by atoms with Gasteiger partial charge in [0.1, 0.15) is 17.9 Å². The van der Waals surface area contributed by atoms with Gasteiger partial charge in [-0.15, -0.1) is 9.24 Å². The minimum atomic E-state index is -0.486. The van der Waals surface area contributed by atoms with Gasteiger partial charge in [-0.1, -0.05) is 24.3 Å². The standard InChI is InChI=1S/C20H22IN4O3P/c1-11-15(16-17(24-20(2)7-8-20)22-10-23-18(16)28-11)19(27)25(21)14(9-26)12-3-5-13(29)6-4-12/h3-6,10,14,26H,7-9,29H2,1-2H3,(H,22,23,24). The summed E-state index contributed by atoms with van der Waals surface area (Å²) in [5, 5.41) is 15.0. The average molecular weight is 524 g/mol. The Morgan fingerprint density at radius 2 is 2.07 bits per heavy atom. The summed E-state index contributed by atoms with van der Waals surface area (Å²) < 4.78 is 7.29. The number of aromatic nitrogens is 2. The average Bonchev–Trinajstić information content (AvgIpc) is 3.31. The molecule has 2 atom stereocenters.